The lowest BCUT2D eigenvalue weighted by Gasteiger charge is -2.53. The zero-order valence-electron chi connectivity index (χ0n) is 21.0. The third-order valence-electron chi connectivity index (χ3n) is 8.83. The molecule has 1 aromatic heterocycles. The molecule has 3 N–H and O–H groups in total. The lowest BCUT2D eigenvalue weighted by atomic mass is 9.78. The molecule has 37 heavy (non-hydrogen) atoms. The van der Waals surface area contributed by atoms with Gasteiger partial charge in [0.15, 0.2) is 0 Å². The highest BCUT2D eigenvalue weighted by atomic mass is 19.1. The fraction of sp³-hybridized carbons (Fsp3) is 0.448. The molecule has 0 radical (unpaired) electrons. The van der Waals surface area contributed by atoms with Gasteiger partial charge in [0.1, 0.15) is 11.9 Å². The van der Waals surface area contributed by atoms with Gasteiger partial charge in [-0.2, -0.15) is 0 Å². The number of hydrogen-bond acceptors (Lipinski definition) is 5. The third kappa shape index (κ3) is 4.12. The van der Waals surface area contributed by atoms with E-state index in [2.05, 4.69) is 26.9 Å². The van der Waals surface area contributed by atoms with Crippen LogP contribution >= 0.6 is 0 Å². The van der Waals surface area contributed by atoms with Gasteiger partial charge in [0, 0.05) is 46.6 Å². The Balaban J connectivity index is 1.45. The Hall–Kier alpha value is -3.23. The molecule has 194 valence electrons. The predicted molar refractivity (Wildman–Crippen MR) is 138 cm³/mol. The number of ether oxygens (including phenoxy) is 1. The quantitative estimate of drug-likeness (QED) is 0.527. The maximum absolute atomic E-state index is 15.3. The van der Waals surface area contributed by atoms with E-state index in [4.69, 9.17) is 10.5 Å². The van der Waals surface area contributed by atoms with Crippen LogP contribution in [-0.2, 0) is 20.7 Å². The van der Waals surface area contributed by atoms with Gasteiger partial charge in [-0.1, -0.05) is 36.4 Å². The van der Waals surface area contributed by atoms with Gasteiger partial charge in [-0.25, -0.2) is 4.39 Å². The fourth-order valence-corrected chi connectivity index (χ4v) is 7.02. The molecule has 3 aromatic rings. The molecule has 0 saturated carbocycles. The van der Waals surface area contributed by atoms with Crippen LogP contribution in [0.5, 0.6) is 0 Å². The lowest BCUT2D eigenvalue weighted by molar-refractivity contribution is -0.153. The summed E-state index contributed by atoms with van der Waals surface area (Å²) in [6.07, 6.45) is 3.50. The number of fused-ring (bicyclic) bond motifs is 5. The number of carbonyl (C=O) groups excluding carboxylic acids is 2. The van der Waals surface area contributed by atoms with E-state index in [0.29, 0.717) is 18.4 Å². The van der Waals surface area contributed by atoms with Crippen molar-refractivity contribution < 1.29 is 18.7 Å². The van der Waals surface area contributed by atoms with Crippen molar-refractivity contribution in [1.29, 1.82) is 0 Å². The molecule has 8 heteroatoms. The number of primary amides is 1. The molecule has 4 atom stereocenters. The van der Waals surface area contributed by atoms with E-state index in [1.54, 1.807) is 6.07 Å². The Labute approximate surface area is 215 Å². The largest absolute Gasteiger partial charge is 0.468 e. The number of amides is 1. The molecule has 0 bridgehead atoms. The van der Waals surface area contributed by atoms with Crippen LogP contribution in [0.1, 0.15) is 54.6 Å². The summed E-state index contributed by atoms with van der Waals surface area (Å²) >= 11 is 0. The summed E-state index contributed by atoms with van der Waals surface area (Å²) in [5, 5.41) is 1.12. The van der Waals surface area contributed by atoms with Crippen LogP contribution < -0.4 is 5.73 Å². The first-order valence-electron chi connectivity index (χ1n) is 13.2. The van der Waals surface area contributed by atoms with Crippen molar-refractivity contribution in [2.24, 2.45) is 11.7 Å². The summed E-state index contributed by atoms with van der Waals surface area (Å²) in [6.45, 7) is 1.57. The highest BCUT2D eigenvalue weighted by Gasteiger charge is 2.49. The molecular weight excluding hydrogens is 471 g/mol. The second-order valence-electron chi connectivity index (χ2n) is 10.6. The molecule has 0 unspecified atom stereocenters. The second-order valence-corrected chi connectivity index (χ2v) is 10.6. The van der Waals surface area contributed by atoms with E-state index in [1.807, 2.05) is 24.3 Å². The summed E-state index contributed by atoms with van der Waals surface area (Å²) in [5.74, 6) is -0.861. The number of nitrogens with zero attached hydrogens (tertiary/aromatic N) is 2. The number of rotatable bonds is 4. The van der Waals surface area contributed by atoms with E-state index >= 15 is 4.39 Å². The standard InChI is InChI=1S/C29H33FN4O3/c1-37-29(36)26-16-21-19-6-3-5-9-23(19)32-27(21)25-15-18(33-12-10-17(11-13-33)28(31)35)14-24(34(25)26)20-7-2-4-8-22(20)30/h2-9,17-18,24-26,32H,10-16H2,1H3,(H2,31,35)/t18-,24+,25-,26+/m1/s1. The van der Waals surface area contributed by atoms with Gasteiger partial charge in [-0.05, 0) is 56.5 Å². The number of esters is 1. The van der Waals surface area contributed by atoms with Crippen LogP contribution in [0.3, 0.4) is 0 Å². The summed E-state index contributed by atoms with van der Waals surface area (Å²) in [4.78, 5) is 33.3. The number of H-pyrrole nitrogens is 1. The zero-order chi connectivity index (χ0) is 25.7. The van der Waals surface area contributed by atoms with Crippen molar-refractivity contribution in [3.05, 3.63) is 71.2 Å². The second kappa shape index (κ2) is 9.58. The van der Waals surface area contributed by atoms with Crippen LogP contribution in [-0.4, -0.2) is 58.9 Å². The molecule has 7 nitrogen and oxygen atoms in total. The summed E-state index contributed by atoms with van der Waals surface area (Å²) < 4.78 is 20.6. The number of methoxy groups -OCH3 is 1. The maximum Gasteiger partial charge on any atom is 0.323 e. The number of halogens is 1. The normalized spacial score (nSPS) is 27.0. The molecule has 3 aliphatic rings. The SMILES string of the molecule is COC(=O)[C@@H]1Cc2c([nH]c3ccccc23)[C@H]2C[C@H](N3CCC(C(N)=O)CC3)C[C@@H](c3ccccc3F)N21. The van der Waals surface area contributed by atoms with Gasteiger partial charge in [0.2, 0.25) is 5.91 Å². The molecule has 6 rings (SSSR count). The first-order valence-corrected chi connectivity index (χ1v) is 13.2. The van der Waals surface area contributed by atoms with Crippen molar-refractivity contribution in [1.82, 2.24) is 14.8 Å². The van der Waals surface area contributed by atoms with Crippen molar-refractivity contribution >= 4 is 22.8 Å². The third-order valence-corrected chi connectivity index (χ3v) is 8.83. The van der Waals surface area contributed by atoms with Gasteiger partial charge in [-0.3, -0.25) is 14.5 Å². The monoisotopic (exact) mass is 504 g/mol. The van der Waals surface area contributed by atoms with E-state index in [0.717, 1.165) is 54.5 Å². The van der Waals surface area contributed by atoms with Gasteiger partial charge < -0.3 is 20.4 Å². The number of piperidine rings is 2. The minimum atomic E-state index is -0.507. The first-order chi connectivity index (χ1) is 18.0. The Morgan fingerprint density at radius 2 is 1.73 bits per heavy atom. The number of carbonyl (C=O) groups is 2. The Kier molecular flexibility index (Phi) is 6.24. The summed E-state index contributed by atoms with van der Waals surface area (Å²) in [6, 6.07) is 14.4. The van der Waals surface area contributed by atoms with Gasteiger partial charge in [0.25, 0.3) is 0 Å². The van der Waals surface area contributed by atoms with Crippen molar-refractivity contribution in [3.63, 3.8) is 0 Å². The van der Waals surface area contributed by atoms with E-state index in [9.17, 15) is 9.59 Å². The number of aromatic nitrogens is 1. The molecule has 2 saturated heterocycles. The Morgan fingerprint density at radius 1 is 1.03 bits per heavy atom. The number of nitrogens with two attached hydrogens (primary N) is 1. The van der Waals surface area contributed by atoms with Crippen molar-refractivity contribution in [2.45, 2.75) is 56.3 Å². The molecular formula is C29H33FN4O3. The smallest absolute Gasteiger partial charge is 0.323 e. The summed E-state index contributed by atoms with van der Waals surface area (Å²) in [7, 11) is 1.43. The molecule has 0 spiro atoms. The number of aromatic amines is 1. The fourth-order valence-electron chi connectivity index (χ4n) is 7.02. The Morgan fingerprint density at radius 3 is 2.46 bits per heavy atom. The number of likely N-dealkylation sites (tertiary alicyclic amines) is 1. The van der Waals surface area contributed by atoms with E-state index in [1.165, 1.54) is 13.2 Å². The lowest BCUT2D eigenvalue weighted by Crippen LogP contribution is -2.57. The van der Waals surface area contributed by atoms with Crippen LogP contribution in [0.2, 0.25) is 0 Å². The highest BCUT2D eigenvalue weighted by Crippen LogP contribution is 2.50. The van der Waals surface area contributed by atoms with E-state index < -0.39 is 6.04 Å². The number of hydrogen-bond donors (Lipinski definition) is 2. The topological polar surface area (TPSA) is 91.7 Å². The van der Waals surface area contributed by atoms with Crippen LogP contribution in [0.15, 0.2) is 48.5 Å². The predicted octanol–water partition coefficient (Wildman–Crippen LogP) is 3.85. The average molecular weight is 505 g/mol. The van der Waals surface area contributed by atoms with Crippen molar-refractivity contribution in [2.75, 3.05) is 20.2 Å². The Bertz CT molecular complexity index is 1330. The molecule has 3 aliphatic heterocycles. The molecule has 2 fully saturated rings. The van der Waals surface area contributed by atoms with Gasteiger partial charge >= 0.3 is 5.97 Å². The average Bonchev–Trinajstić information content (AvgIpc) is 3.31. The first kappa shape index (κ1) is 24.1. The van der Waals surface area contributed by atoms with Gasteiger partial charge in [0.05, 0.1) is 13.2 Å². The van der Waals surface area contributed by atoms with Crippen LogP contribution in [0.25, 0.3) is 10.9 Å². The number of nitrogens with one attached hydrogen (secondary N) is 1. The molecule has 2 aromatic carbocycles. The summed E-state index contributed by atoms with van der Waals surface area (Å²) in [5.41, 5.74) is 9.50. The molecule has 0 aliphatic carbocycles. The molecule has 4 heterocycles. The molecule has 1 amide bonds. The minimum absolute atomic E-state index is 0.0857. The minimum Gasteiger partial charge on any atom is -0.468 e. The van der Waals surface area contributed by atoms with Crippen molar-refractivity contribution in [3.8, 4) is 0 Å². The highest BCUT2D eigenvalue weighted by molar-refractivity contribution is 5.87. The maximum atomic E-state index is 15.3. The van der Waals surface area contributed by atoms with Gasteiger partial charge in [-0.15, -0.1) is 0 Å². The van der Waals surface area contributed by atoms with Crippen LogP contribution in [0.4, 0.5) is 4.39 Å². The zero-order valence-corrected chi connectivity index (χ0v) is 21.0. The van der Waals surface area contributed by atoms with E-state index in [-0.39, 0.29) is 41.7 Å². The number of para-hydroxylation sites is 1. The van der Waals surface area contributed by atoms with Crippen LogP contribution in [0, 0.1) is 11.7 Å². The number of benzene rings is 2.